The predicted octanol–water partition coefficient (Wildman–Crippen LogP) is 5.15. The van der Waals surface area contributed by atoms with E-state index in [0.717, 1.165) is 57.7 Å². The first-order valence-corrected chi connectivity index (χ1v) is 12.1. The van der Waals surface area contributed by atoms with E-state index >= 15 is 0 Å². The minimum atomic E-state index is 0.0274. The number of rotatable bonds is 6. The van der Waals surface area contributed by atoms with E-state index in [9.17, 15) is 9.59 Å². The number of benzene rings is 1. The first-order valence-electron chi connectivity index (χ1n) is 11.3. The van der Waals surface area contributed by atoms with Gasteiger partial charge in [0.25, 0.3) is 5.91 Å². The molecule has 6 heteroatoms. The zero-order valence-electron chi connectivity index (χ0n) is 18.9. The lowest BCUT2D eigenvalue weighted by Crippen LogP contribution is -2.57. The van der Waals surface area contributed by atoms with Crippen molar-refractivity contribution in [2.75, 3.05) is 0 Å². The number of carbonyl (C=O) groups is 2. The molecule has 1 spiro atoms. The van der Waals surface area contributed by atoms with Crippen LogP contribution in [-0.2, 0) is 11.3 Å². The van der Waals surface area contributed by atoms with Crippen LogP contribution >= 0.6 is 11.3 Å². The average Bonchev–Trinajstić information content (AvgIpc) is 3.27. The van der Waals surface area contributed by atoms with Crippen molar-refractivity contribution in [1.29, 1.82) is 0 Å². The van der Waals surface area contributed by atoms with E-state index in [2.05, 4.69) is 29.5 Å². The fourth-order valence-electron chi connectivity index (χ4n) is 5.56. The van der Waals surface area contributed by atoms with Gasteiger partial charge in [-0.2, -0.15) is 5.10 Å². The standard InChI is InChI=1S/C26H29N3O2S/c1-16(30)20-9-26(10-20)11-22(12-26)28-25(31)24-18(3)32-17(2)23(24)15-29-14-21(13-27-29)19-7-5-4-6-8-19/h4-8,13-14,20,22H,9-12,15H2,1-3H3,(H,28,31). The largest absolute Gasteiger partial charge is 0.349 e. The highest BCUT2D eigenvalue weighted by atomic mass is 32.1. The molecule has 1 aromatic carbocycles. The molecule has 0 bridgehead atoms. The van der Waals surface area contributed by atoms with Gasteiger partial charge in [-0.1, -0.05) is 30.3 Å². The maximum Gasteiger partial charge on any atom is 0.252 e. The highest BCUT2D eigenvalue weighted by Gasteiger charge is 2.54. The quantitative estimate of drug-likeness (QED) is 0.568. The van der Waals surface area contributed by atoms with Gasteiger partial charge in [-0.15, -0.1) is 11.3 Å². The van der Waals surface area contributed by atoms with Gasteiger partial charge in [0.05, 0.1) is 18.3 Å². The van der Waals surface area contributed by atoms with E-state index in [0.29, 0.717) is 17.7 Å². The van der Waals surface area contributed by atoms with Crippen molar-refractivity contribution in [2.45, 2.75) is 59.0 Å². The number of nitrogens with zero attached hydrogens (tertiary/aromatic N) is 2. The molecule has 0 atom stereocenters. The van der Waals surface area contributed by atoms with Gasteiger partial charge in [0.1, 0.15) is 5.78 Å². The molecule has 166 valence electrons. The smallest absolute Gasteiger partial charge is 0.252 e. The molecule has 2 saturated carbocycles. The van der Waals surface area contributed by atoms with Crippen LogP contribution in [0.3, 0.4) is 0 Å². The van der Waals surface area contributed by atoms with E-state index in [-0.39, 0.29) is 17.9 Å². The minimum Gasteiger partial charge on any atom is -0.349 e. The van der Waals surface area contributed by atoms with Gasteiger partial charge in [0, 0.05) is 39.0 Å². The lowest BCUT2D eigenvalue weighted by Gasteiger charge is -2.57. The molecule has 2 heterocycles. The highest BCUT2D eigenvalue weighted by Crippen LogP contribution is 2.58. The number of amides is 1. The Hall–Kier alpha value is -2.73. The fourth-order valence-corrected chi connectivity index (χ4v) is 6.63. The Morgan fingerprint density at radius 1 is 1.09 bits per heavy atom. The molecule has 1 N–H and O–H groups in total. The monoisotopic (exact) mass is 447 g/mol. The number of ketones is 1. The van der Waals surface area contributed by atoms with E-state index in [1.165, 1.54) is 0 Å². The van der Waals surface area contributed by atoms with Crippen molar-refractivity contribution in [3.05, 3.63) is 63.6 Å². The summed E-state index contributed by atoms with van der Waals surface area (Å²) in [6.45, 7) is 6.39. The van der Waals surface area contributed by atoms with Gasteiger partial charge in [-0.05, 0) is 57.4 Å². The van der Waals surface area contributed by atoms with Gasteiger partial charge in [0.2, 0.25) is 0 Å². The van der Waals surface area contributed by atoms with Crippen molar-refractivity contribution in [2.24, 2.45) is 11.3 Å². The van der Waals surface area contributed by atoms with E-state index < -0.39 is 0 Å². The number of hydrogen-bond donors (Lipinski definition) is 1. The second-order valence-electron chi connectivity index (χ2n) is 9.66. The van der Waals surface area contributed by atoms with Crippen LogP contribution in [0, 0.1) is 25.2 Å². The number of hydrogen-bond acceptors (Lipinski definition) is 4. The molecule has 2 aliphatic carbocycles. The van der Waals surface area contributed by atoms with Crippen molar-refractivity contribution >= 4 is 23.0 Å². The minimum absolute atomic E-state index is 0.0274. The van der Waals surface area contributed by atoms with Crippen LogP contribution in [0.4, 0.5) is 0 Å². The molecule has 2 aliphatic rings. The lowest BCUT2D eigenvalue weighted by atomic mass is 9.49. The van der Waals surface area contributed by atoms with Crippen molar-refractivity contribution in [1.82, 2.24) is 15.1 Å². The normalized spacial score (nSPS) is 24.1. The van der Waals surface area contributed by atoms with Gasteiger partial charge < -0.3 is 5.32 Å². The first-order chi connectivity index (χ1) is 15.3. The number of carbonyl (C=O) groups excluding carboxylic acids is 2. The molecule has 1 amide bonds. The van der Waals surface area contributed by atoms with Crippen molar-refractivity contribution in [3.63, 3.8) is 0 Å². The molecule has 5 nitrogen and oxygen atoms in total. The molecular weight excluding hydrogens is 418 g/mol. The van der Waals surface area contributed by atoms with Crippen molar-refractivity contribution in [3.8, 4) is 11.1 Å². The number of aryl methyl sites for hydroxylation is 2. The Kier molecular flexibility index (Phi) is 5.28. The number of thiophene rings is 1. The van der Waals surface area contributed by atoms with E-state index in [1.807, 2.05) is 42.2 Å². The Morgan fingerprint density at radius 2 is 1.81 bits per heavy atom. The number of nitrogens with one attached hydrogen (secondary N) is 1. The van der Waals surface area contributed by atoms with Crippen LogP contribution in [0.15, 0.2) is 42.7 Å². The van der Waals surface area contributed by atoms with Gasteiger partial charge >= 0.3 is 0 Å². The Morgan fingerprint density at radius 3 is 2.50 bits per heavy atom. The molecule has 5 rings (SSSR count). The summed E-state index contributed by atoms with van der Waals surface area (Å²) in [6.07, 6.45) is 7.92. The molecule has 0 unspecified atom stereocenters. The molecule has 0 radical (unpaired) electrons. The molecular formula is C26H29N3O2S. The summed E-state index contributed by atoms with van der Waals surface area (Å²) in [6, 6.07) is 10.4. The third-order valence-corrected chi connectivity index (χ3v) is 8.36. The Labute approximate surface area is 192 Å². The van der Waals surface area contributed by atoms with Crippen LogP contribution in [0.5, 0.6) is 0 Å². The van der Waals surface area contributed by atoms with Crippen LogP contribution in [0.1, 0.15) is 58.3 Å². The lowest BCUT2D eigenvalue weighted by molar-refractivity contribution is -0.134. The molecule has 0 saturated heterocycles. The molecule has 3 aromatic rings. The van der Waals surface area contributed by atoms with Gasteiger partial charge in [-0.25, -0.2) is 0 Å². The molecule has 2 aromatic heterocycles. The van der Waals surface area contributed by atoms with Crippen LogP contribution in [0.25, 0.3) is 11.1 Å². The van der Waals surface area contributed by atoms with Crippen LogP contribution in [-0.4, -0.2) is 27.5 Å². The first kappa shape index (κ1) is 21.1. The fraction of sp³-hybridized carbons (Fsp3) is 0.423. The summed E-state index contributed by atoms with van der Waals surface area (Å²) in [7, 11) is 0. The average molecular weight is 448 g/mol. The third-order valence-electron chi connectivity index (χ3n) is 7.30. The van der Waals surface area contributed by atoms with Gasteiger partial charge in [0.15, 0.2) is 0 Å². The number of aromatic nitrogens is 2. The van der Waals surface area contributed by atoms with Crippen LogP contribution in [0.2, 0.25) is 0 Å². The second-order valence-corrected chi connectivity index (χ2v) is 11.1. The predicted molar refractivity (Wildman–Crippen MR) is 127 cm³/mol. The topological polar surface area (TPSA) is 64.0 Å². The maximum atomic E-state index is 13.2. The SMILES string of the molecule is CC(=O)C1CC2(CC(NC(=O)c3c(C)sc(C)c3Cn3cc(-c4ccccc4)cn3)C2)C1. The summed E-state index contributed by atoms with van der Waals surface area (Å²) in [5, 5.41) is 7.81. The molecule has 2 fully saturated rings. The summed E-state index contributed by atoms with van der Waals surface area (Å²) >= 11 is 1.68. The summed E-state index contributed by atoms with van der Waals surface area (Å²) < 4.78 is 1.92. The van der Waals surface area contributed by atoms with Crippen molar-refractivity contribution < 1.29 is 9.59 Å². The zero-order valence-corrected chi connectivity index (χ0v) is 19.7. The zero-order chi connectivity index (χ0) is 22.5. The molecule has 0 aliphatic heterocycles. The highest BCUT2D eigenvalue weighted by molar-refractivity contribution is 7.12. The summed E-state index contributed by atoms with van der Waals surface area (Å²) in [5.41, 5.74) is 4.38. The maximum absolute atomic E-state index is 13.2. The summed E-state index contributed by atoms with van der Waals surface area (Å²) in [5.74, 6) is 0.584. The van der Waals surface area contributed by atoms with E-state index in [1.54, 1.807) is 18.3 Å². The number of Topliss-reactive ketones (excluding diaryl/α,β-unsaturated/α-hetero) is 1. The third kappa shape index (κ3) is 3.81. The summed E-state index contributed by atoms with van der Waals surface area (Å²) in [4.78, 5) is 27.0. The Bertz CT molecular complexity index is 1160. The van der Waals surface area contributed by atoms with Gasteiger partial charge in [-0.3, -0.25) is 14.3 Å². The van der Waals surface area contributed by atoms with Crippen LogP contribution < -0.4 is 5.32 Å². The Balaban J connectivity index is 1.27. The second kappa shape index (κ2) is 8.00. The molecule has 32 heavy (non-hydrogen) atoms. The van der Waals surface area contributed by atoms with E-state index in [4.69, 9.17) is 0 Å².